The number of hydrogen-bond acceptors (Lipinski definition) is 4. The van der Waals surface area contributed by atoms with Gasteiger partial charge < -0.3 is 9.30 Å². The molecule has 0 atom stereocenters. The van der Waals surface area contributed by atoms with Gasteiger partial charge >= 0.3 is 0 Å². The molecule has 0 fully saturated rings. The van der Waals surface area contributed by atoms with Crippen molar-refractivity contribution in [2.75, 3.05) is 7.11 Å². The SMILES string of the molecule is COc1cc(-c2nncn2CC(C)C)nn1C. The molecule has 0 bridgehead atoms. The van der Waals surface area contributed by atoms with E-state index in [0.29, 0.717) is 11.8 Å². The van der Waals surface area contributed by atoms with Gasteiger partial charge in [-0.15, -0.1) is 10.2 Å². The molecule has 0 unspecified atom stereocenters. The zero-order valence-electron chi connectivity index (χ0n) is 10.6. The van der Waals surface area contributed by atoms with Gasteiger partial charge in [0.05, 0.1) is 7.11 Å². The van der Waals surface area contributed by atoms with Crippen LogP contribution in [0.2, 0.25) is 0 Å². The molecule has 2 aromatic rings. The predicted molar refractivity (Wildman–Crippen MR) is 63.6 cm³/mol. The van der Waals surface area contributed by atoms with E-state index in [1.165, 1.54) is 0 Å². The number of methoxy groups -OCH3 is 1. The average Bonchev–Trinajstić information content (AvgIpc) is 2.83. The van der Waals surface area contributed by atoms with Gasteiger partial charge in [0.1, 0.15) is 12.0 Å². The molecule has 6 nitrogen and oxygen atoms in total. The summed E-state index contributed by atoms with van der Waals surface area (Å²) >= 11 is 0. The average molecular weight is 235 g/mol. The first-order valence-corrected chi connectivity index (χ1v) is 5.58. The number of hydrogen-bond donors (Lipinski definition) is 0. The van der Waals surface area contributed by atoms with Crippen LogP contribution >= 0.6 is 0 Å². The van der Waals surface area contributed by atoms with Crippen LogP contribution in [0.3, 0.4) is 0 Å². The van der Waals surface area contributed by atoms with E-state index in [9.17, 15) is 0 Å². The maximum absolute atomic E-state index is 5.19. The van der Waals surface area contributed by atoms with Crippen molar-refractivity contribution in [3.05, 3.63) is 12.4 Å². The first kappa shape index (κ1) is 11.6. The first-order chi connectivity index (χ1) is 8.11. The highest BCUT2D eigenvalue weighted by molar-refractivity contribution is 5.50. The lowest BCUT2D eigenvalue weighted by Gasteiger charge is -2.06. The summed E-state index contributed by atoms with van der Waals surface area (Å²) < 4.78 is 8.88. The fraction of sp³-hybridized carbons (Fsp3) is 0.545. The van der Waals surface area contributed by atoms with Crippen LogP contribution in [0, 0.1) is 5.92 Å². The van der Waals surface area contributed by atoms with Crippen molar-refractivity contribution >= 4 is 0 Å². The summed E-state index contributed by atoms with van der Waals surface area (Å²) in [5.41, 5.74) is 0.780. The minimum absolute atomic E-state index is 0.537. The number of aryl methyl sites for hydroxylation is 1. The summed E-state index contributed by atoms with van der Waals surface area (Å²) in [6, 6.07) is 1.86. The minimum atomic E-state index is 0.537. The highest BCUT2D eigenvalue weighted by Crippen LogP contribution is 2.21. The Balaban J connectivity index is 2.35. The van der Waals surface area contributed by atoms with Crippen LogP contribution in [0.5, 0.6) is 5.88 Å². The molecule has 2 aromatic heterocycles. The van der Waals surface area contributed by atoms with Gasteiger partial charge in [-0.25, -0.2) is 4.68 Å². The zero-order chi connectivity index (χ0) is 12.4. The molecule has 0 saturated carbocycles. The second-order valence-electron chi connectivity index (χ2n) is 4.40. The van der Waals surface area contributed by atoms with Gasteiger partial charge in [0.25, 0.3) is 0 Å². The third-order valence-electron chi connectivity index (χ3n) is 2.45. The molecule has 0 radical (unpaired) electrons. The van der Waals surface area contributed by atoms with Crippen molar-refractivity contribution < 1.29 is 4.74 Å². The van der Waals surface area contributed by atoms with Gasteiger partial charge in [0.15, 0.2) is 5.82 Å². The van der Waals surface area contributed by atoms with Crippen LogP contribution in [0.15, 0.2) is 12.4 Å². The van der Waals surface area contributed by atoms with Gasteiger partial charge in [-0.05, 0) is 5.92 Å². The van der Waals surface area contributed by atoms with Crippen LogP contribution in [-0.2, 0) is 13.6 Å². The lowest BCUT2D eigenvalue weighted by atomic mass is 10.2. The number of aromatic nitrogens is 5. The van der Waals surface area contributed by atoms with Gasteiger partial charge in [0.2, 0.25) is 5.88 Å². The third-order valence-corrected chi connectivity index (χ3v) is 2.45. The first-order valence-electron chi connectivity index (χ1n) is 5.58. The third kappa shape index (κ3) is 2.30. The van der Waals surface area contributed by atoms with E-state index >= 15 is 0 Å². The Kier molecular flexibility index (Phi) is 3.12. The quantitative estimate of drug-likeness (QED) is 0.802. The molecular formula is C11H17N5O. The molecular weight excluding hydrogens is 218 g/mol. The maximum Gasteiger partial charge on any atom is 0.211 e. The van der Waals surface area contributed by atoms with E-state index in [1.54, 1.807) is 18.1 Å². The highest BCUT2D eigenvalue weighted by Gasteiger charge is 2.14. The van der Waals surface area contributed by atoms with Crippen molar-refractivity contribution in [2.45, 2.75) is 20.4 Å². The summed E-state index contributed by atoms with van der Waals surface area (Å²) in [6.07, 6.45) is 1.73. The Labute approximate surface area is 100 Å². The fourth-order valence-corrected chi connectivity index (χ4v) is 1.73. The molecule has 0 spiro atoms. The Morgan fingerprint density at radius 3 is 2.76 bits per heavy atom. The van der Waals surface area contributed by atoms with E-state index < -0.39 is 0 Å². The molecule has 0 aliphatic heterocycles. The van der Waals surface area contributed by atoms with Crippen LogP contribution in [-0.4, -0.2) is 31.7 Å². The summed E-state index contributed by atoms with van der Waals surface area (Å²) in [7, 11) is 3.46. The van der Waals surface area contributed by atoms with Gasteiger partial charge in [0, 0.05) is 19.7 Å². The standard InChI is InChI=1S/C11H17N5O/c1-8(2)6-16-7-12-13-11(16)9-5-10(17-4)15(3)14-9/h5,7-8H,6H2,1-4H3. The smallest absolute Gasteiger partial charge is 0.211 e. The molecule has 92 valence electrons. The lowest BCUT2D eigenvalue weighted by Crippen LogP contribution is -2.05. The second-order valence-corrected chi connectivity index (χ2v) is 4.40. The lowest BCUT2D eigenvalue weighted by molar-refractivity contribution is 0.373. The predicted octanol–water partition coefficient (Wildman–Crippen LogP) is 1.34. The summed E-state index contributed by atoms with van der Waals surface area (Å²) in [4.78, 5) is 0. The van der Waals surface area contributed by atoms with Crippen LogP contribution in [0.25, 0.3) is 11.5 Å². The molecule has 0 aliphatic carbocycles. The summed E-state index contributed by atoms with van der Waals surface area (Å²) in [5, 5.41) is 12.4. The van der Waals surface area contributed by atoms with Gasteiger partial charge in [-0.3, -0.25) is 0 Å². The van der Waals surface area contributed by atoms with E-state index in [4.69, 9.17) is 4.74 Å². The maximum atomic E-state index is 5.19. The summed E-state index contributed by atoms with van der Waals surface area (Å²) in [6.45, 7) is 5.19. The van der Waals surface area contributed by atoms with Crippen molar-refractivity contribution in [1.29, 1.82) is 0 Å². The van der Waals surface area contributed by atoms with E-state index in [-0.39, 0.29) is 0 Å². The van der Waals surface area contributed by atoms with E-state index in [1.807, 2.05) is 17.7 Å². The number of nitrogens with zero attached hydrogens (tertiary/aromatic N) is 5. The Hall–Kier alpha value is -1.85. The molecule has 2 rings (SSSR count). The molecule has 6 heteroatoms. The molecule has 0 saturated heterocycles. The zero-order valence-corrected chi connectivity index (χ0v) is 10.6. The molecule has 0 aromatic carbocycles. The normalized spacial score (nSPS) is 11.1. The molecule has 17 heavy (non-hydrogen) atoms. The van der Waals surface area contributed by atoms with Crippen LogP contribution < -0.4 is 4.74 Å². The van der Waals surface area contributed by atoms with Crippen molar-refractivity contribution in [1.82, 2.24) is 24.5 Å². The fourth-order valence-electron chi connectivity index (χ4n) is 1.73. The van der Waals surface area contributed by atoms with Gasteiger partial charge in [-0.2, -0.15) is 5.10 Å². The van der Waals surface area contributed by atoms with Crippen LogP contribution in [0.1, 0.15) is 13.8 Å². The Morgan fingerprint density at radius 1 is 1.41 bits per heavy atom. The minimum Gasteiger partial charge on any atom is -0.481 e. The molecule has 0 amide bonds. The Morgan fingerprint density at radius 2 is 2.18 bits per heavy atom. The molecule has 2 heterocycles. The molecule has 0 aliphatic rings. The second kappa shape index (κ2) is 4.57. The van der Waals surface area contributed by atoms with E-state index in [2.05, 4.69) is 29.1 Å². The topological polar surface area (TPSA) is 57.8 Å². The summed E-state index contributed by atoms with van der Waals surface area (Å²) in [5.74, 6) is 2.02. The molecule has 0 N–H and O–H groups in total. The largest absolute Gasteiger partial charge is 0.481 e. The Bertz CT molecular complexity index is 500. The van der Waals surface area contributed by atoms with Crippen molar-refractivity contribution in [3.63, 3.8) is 0 Å². The highest BCUT2D eigenvalue weighted by atomic mass is 16.5. The van der Waals surface area contributed by atoms with Crippen LogP contribution in [0.4, 0.5) is 0 Å². The van der Waals surface area contributed by atoms with Gasteiger partial charge in [-0.1, -0.05) is 13.8 Å². The number of rotatable bonds is 4. The monoisotopic (exact) mass is 235 g/mol. The van der Waals surface area contributed by atoms with E-state index in [0.717, 1.165) is 18.1 Å². The number of ether oxygens (including phenoxy) is 1. The van der Waals surface area contributed by atoms with Crippen molar-refractivity contribution in [2.24, 2.45) is 13.0 Å². The van der Waals surface area contributed by atoms with Crippen molar-refractivity contribution in [3.8, 4) is 17.4 Å².